The molecule has 0 bridgehead atoms. The van der Waals surface area contributed by atoms with Crippen molar-refractivity contribution in [1.29, 1.82) is 0 Å². The molecule has 0 radical (unpaired) electrons. The number of esters is 1. The summed E-state index contributed by atoms with van der Waals surface area (Å²) in [5, 5.41) is 2.85. The molecule has 1 amide bonds. The second-order valence-corrected chi connectivity index (χ2v) is 6.68. The Balaban J connectivity index is 2.63. The van der Waals surface area contributed by atoms with Gasteiger partial charge in [-0.25, -0.2) is 9.59 Å². The van der Waals surface area contributed by atoms with Gasteiger partial charge >= 0.3 is 12.1 Å². The molecule has 0 aromatic carbocycles. The van der Waals surface area contributed by atoms with E-state index < -0.39 is 17.8 Å². The number of carbonyl (C=O) groups is 2. The quantitative estimate of drug-likeness (QED) is 0.806. The third-order valence-electron chi connectivity index (χ3n) is 3.32. The van der Waals surface area contributed by atoms with Gasteiger partial charge in [-0.15, -0.1) is 0 Å². The fraction of sp³-hybridized carbons (Fsp3) is 0.867. The first-order valence-electron chi connectivity index (χ1n) is 7.37. The van der Waals surface area contributed by atoms with Crippen LogP contribution in [0.5, 0.6) is 0 Å². The summed E-state index contributed by atoms with van der Waals surface area (Å²) in [6.07, 6.45) is 0.101. The molecule has 1 fully saturated rings. The van der Waals surface area contributed by atoms with E-state index in [-0.39, 0.29) is 24.0 Å². The number of carbonyl (C=O) groups excluding carboxylic acids is 2. The largest absolute Gasteiger partial charge is 0.467 e. The molecule has 0 aliphatic carbocycles. The van der Waals surface area contributed by atoms with Crippen LogP contribution in [0.1, 0.15) is 47.5 Å². The van der Waals surface area contributed by atoms with Gasteiger partial charge in [0.25, 0.3) is 0 Å². The Bertz CT molecular complexity index is 375. The Labute approximate surface area is 126 Å². The van der Waals surface area contributed by atoms with Crippen LogP contribution in [-0.4, -0.2) is 43.0 Å². The smallest absolute Gasteiger partial charge is 0.407 e. The van der Waals surface area contributed by atoms with Gasteiger partial charge < -0.3 is 19.5 Å². The Hall–Kier alpha value is -1.30. The van der Waals surface area contributed by atoms with E-state index in [0.717, 1.165) is 0 Å². The van der Waals surface area contributed by atoms with Gasteiger partial charge in [-0.3, -0.25) is 0 Å². The SMILES string of the molecule is COC(=O)C1CCC(C(NC(=O)OC(C)(C)C)C(C)C)O1. The van der Waals surface area contributed by atoms with E-state index in [1.165, 1.54) is 7.11 Å². The van der Waals surface area contributed by atoms with Crippen LogP contribution < -0.4 is 5.32 Å². The van der Waals surface area contributed by atoms with Gasteiger partial charge in [0.2, 0.25) is 0 Å². The van der Waals surface area contributed by atoms with Crippen molar-refractivity contribution in [3.63, 3.8) is 0 Å². The lowest BCUT2D eigenvalue weighted by Gasteiger charge is -2.29. The zero-order valence-corrected chi connectivity index (χ0v) is 13.8. The number of ether oxygens (including phenoxy) is 3. The van der Waals surface area contributed by atoms with E-state index in [2.05, 4.69) is 5.32 Å². The van der Waals surface area contributed by atoms with E-state index >= 15 is 0 Å². The lowest BCUT2D eigenvalue weighted by atomic mass is 9.96. The van der Waals surface area contributed by atoms with Crippen molar-refractivity contribution in [1.82, 2.24) is 5.32 Å². The van der Waals surface area contributed by atoms with Gasteiger partial charge in [-0.2, -0.15) is 0 Å². The van der Waals surface area contributed by atoms with Crippen LogP contribution in [0.15, 0.2) is 0 Å². The van der Waals surface area contributed by atoms with Gasteiger partial charge in [0.15, 0.2) is 6.10 Å². The first kappa shape index (κ1) is 17.8. The number of hydrogen-bond acceptors (Lipinski definition) is 5. The minimum absolute atomic E-state index is 0.166. The number of hydrogen-bond donors (Lipinski definition) is 1. The molecular formula is C15H27NO5. The van der Waals surface area contributed by atoms with Crippen LogP contribution in [0.25, 0.3) is 0 Å². The third-order valence-corrected chi connectivity index (χ3v) is 3.32. The van der Waals surface area contributed by atoms with Crippen molar-refractivity contribution in [2.45, 2.75) is 71.3 Å². The predicted molar refractivity (Wildman–Crippen MR) is 77.9 cm³/mol. The van der Waals surface area contributed by atoms with E-state index in [0.29, 0.717) is 12.8 Å². The Morgan fingerprint density at radius 3 is 2.33 bits per heavy atom. The molecule has 3 unspecified atom stereocenters. The van der Waals surface area contributed by atoms with Crippen LogP contribution in [0.4, 0.5) is 4.79 Å². The average molecular weight is 301 g/mol. The maximum Gasteiger partial charge on any atom is 0.407 e. The molecule has 0 aromatic rings. The monoisotopic (exact) mass is 301 g/mol. The first-order valence-corrected chi connectivity index (χ1v) is 7.37. The third kappa shape index (κ3) is 5.53. The van der Waals surface area contributed by atoms with E-state index in [1.807, 2.05) is 34.6 Å². The highest BCUT2D eigenvalue weighted by atomic mass is 16.6. The number of methoxy groups -OCH3 is 1. The molecule has 1 heterocycles. The summed E-state index contributed by atoms with van der Waals surface area (Å²) >= 11 is 0. The number of nitrogens with one attached hydrogen (secondary N) is 1. The van der Waals surface area contributed by atoms with Crippen LogP contribution in [-0.2, 0) is 19.0 Å². The molecule has 21 heavy (non-hydrogen) atoms. The molecule has 6 nitrogen and oxygen atoms in total. The molecule has 1 aliphatic rings. The maximum atomic E-state index is 11.9. The molecule has 0 spiro atoms. The predicted octanol–water partition coefficient (Wildman–Crippen LogP) is 2.26. The van der Waals surface area contributed by atoms with Crippen LogP contribution in [0.2, 0.25) is 0 Å². The highest BCUT2D eigenvalue weighted by Gasteiger charge is 2.38. The fourth-order valence-electron chi connectivity index (χ4n) is 2.36. The summed E-state index contributed by atoms with van der Waals surface area (Å²) in [6.45, 7) is 9.44. The average Bonchev–Trinajstić information content (AvgIpc) is 2.81. The van der Waals surface area contributed by atoms with Gasteiger partial charge in [0.05, 0.1) is 19.3 Å². The van der Waals surface area contributed by atoms with E-state index in [4.69, 9.17) is 14.2 Å². The minimum atomic E-state index is -0.545. The second-order valence-electron chi connectivity index (χ2n) is 6.68. The van der Waals surface area contributed by atoms with Gasteiger partial charge in [0.1, 0.15) is 5.60 Å². The fourth-order valence-corrected chi connectivity index (χ4v) is 2.36. The molecule has 0 aromatic heterocycles. The zero-order chi connectivity index (χ0) is 16.2. The van der Waals surface area contributed by atoms with E-state index in [9.17, 15) is 9.59 Å². The first-order chi connectivity index (χ1) is 9.64. The van der Waals surface area contributed by atoms with Crippen LogP contribution in [0, 0.1) is 5.92 Å². The van der Waals surface area contributed by atoms with Crippen molar-refractivity contribution < 1.29 is 23.8 Å². The molecule has 1 aliphatic heterocycles. The molecule has 122 valence electrons. The number of rotatable bonds is 4. The molecule has 1 N–H and O–H groups in total. The highest BCUT2D eigenvalue weighted by Crippen LogP contribution is 2.26. The number of alkyl carbamates (subject to hydrolysis) is 1. The lowest BCUT2D eigenvalue weighted by molar-refractivity contribution is -0.153. The molecule has 1 rings (SSSR count). The summed E-state index contributed by atoms with van der Waals surface area (Å²) in [7, 11) is 1.35. The molecule has 1 saturated heterocycles. The highest BCUT2D eigenvalue weighted by molar-refractivity contribution is 5.74. The summed E-state index contributed by atoms with van der Waals surface area (Å²) in [5.74, 6) is -0.198. The Kier molecular flexibility index (Phi) is 6.01. The molecular weight excluding hydrogens is 274 g/mol. The normalized spacial score (nSPS) is 23.8. The Morgan fingerprint density at radius 1 is 1.24 bits per heavy atom. The summed E-state index contributed by atoms with van der Waals surface area (Å²) < 4.78 is 15.7. The van der Waals surface area contributed by atoms with E-state index in [1.54, 1.807) is 0 Å². The maximum absolute atomic E-state index is 11.9. The molecule has 3 atom stereocenters. The van der Waals surface area contributed by atoms with Gasteiger partial charge in [0, 0.05) is 0 Å². The van der Waals surface area contributed by atoms with Crippen molar-refractivity contribution in [2.24, 2.45) is 5.92 Å². The van der Waals surface area contributed by atoms with Gasteiger partial charge in [-0.1, -0.05) is 13.8 Å². The lowest BCUT2D eigenvalue weighted by Crippen LogP contribution is -2.48. The van der Waals surface area contributed by atoms with Crippen molar-refractivity contribution in [3.8, 4) is 0 Å². The van der Waals surface area contributed by atoms with Crippen LogP contribution in [0.3, 0.4) is 0 Å². The molecule has 0 saturated carbocycles. The van der Waals surface area contributed by atoms with Crippen LogP contribution >= 0.6 is 0 Å². The van der Waals surface area contributed by atoms with Crippen molar-refractivity contribution in [2.75, 3.05) is 7.11 Å². The zero-order valence-electron chi connectivity index (χ0n) is 13.8. The summed E-state index contributed by atoms with van der Waals surface area (Å²) in [5.41, 5.74) is -0.545. The standard InChI is InChI=1S/C15H27NO5/c1-9(2)12(16-14(18)21-15(3,4)5)10-7-8-11(20-10)13(17)19-6/h9-12H,7-8H2,1-6H3,(H,16,18). The summed E-state index contributed by atoms with van der Waals surface area (Å²) in [4.78, 5) is 23.4. The van der Waals surface area contributed by atoms with Crippen molar-refractivity contribution in [3.05, 3.63) is 0 Å². The van der Waals surface area contributed by atoms with Crippen molar-refractivity contribution >= 4 is 12.1 Å². The second kappa shape index (κ2) is 7.11. The minimum Gasteiger partial charge on any atom is -0.467 e. The van der Waals surface area contributed by atoms with Gasteiger partial charge in [-0.05, 0) is 39.5 Å². The number of amides is 1. The Morgan fingerprint density at radius 2 is 1.86 bits per heavy atom. The topological polar surface area (TPSA) is 73.9 Å². The summed E-state index contributed by atoms with van der Waals surface area (Å²) in [6, 6.07) is -0.200. The molecule has 6 heteroatoms.